The van der Waals surface area contributed by atoms with E-state index in [-0.39, 0.29) is 10.8 Å². The van der Waals surface area contributed by atoms with E-state index in [2.05, 4.69) is 31.8 Å². The SMILES string of the molecule is CCc1cc(=O)cc(-c2c(C)cc(C(C)(C)C)cc2Oc2ccc(F)cc2OC)[nH]1. The molecule has 0 bridgehead atoms. The molecule has 0 aliphatic rings. The highest BCUT2D eigenvalue weighted by Crippen LogP contribution is 2.41. The Morgan fingerprint density at radius 2 is 1.73 bits per heavy atom. The molecule has 0 saturated heterocycles. The van der Waals surface area contributed by atoms with Crippen molar-refractivity contribution in [2.45, 2.75) is 46.5 Å². The lowest BCUT2D eigenvalue weighted by Crippen LogP contribution is -2.12. The number of ether oxygens (including phenoxy) is 2. The van der Waals surface area contributed by atoms with E-state index in [9.17, 15) is 9.18 Å². The number of benzene rings is 2. The van der Waals surface area contributed by atoms with Crippen LogP contribution in [0, 0.1) is 12.7 Å². The third-order valence-corrected chi connectivity index (χ3v) is 5.06. The number of hydrogen-bond donors (Lipinski definition) is 1. The Morgan fingerprint density at radius 3 is 2.37 bits per heavy atom. The molecule has 30 heavy (non-hydrogen) atoms. The van der Waals surface area contributed by atoms with E-state index in [0.29, 0.717) is 29.4 Å². The molecule has 158 valence electrons. The second-order valence-electron chi connectivity index (χ2n) is 8.42. The first-order valence-corrected chi connectivity index (χ1v) is 10.0. The first kappa shape index (κ1) is 21.6. The number of pyridine rings is 1. The number of H-pyrrole nitrogens is 1. The smallest absolute Gasteiger partial charge is 0.182 e. The quantitative estimate of drug-likeness (QED) is 0.550. The Balaban J connectivity index is 2.25. The Labute approximate surface area is 176 Å². The van der Waals surface area contributed by atoms with Crippen molar-refractivity contribution < 1.29 is 13.9 Å². The van der Waals surface area contributed by atoms with Crippen LogP contribution in [0.15, 0.2) is 47.3 Å². The zero-order chi connectivity index (χ0) is 22.1. The fourth-order valence-corrected chi connectivity index (χ4v) is 3.38. The average Bonchev–Trinajstić information content (AvgIpc) is 2.67. The monoisotopic (exact) mass is 409 g/mol. The summed E-state index contributed by atoms with van der Waals surface area (Å²) in [5, 5.41) is 0. The summed E-state index contributed by atoms with van der Waals surface area (Å²) in [7, 11) is 1.47. The van der Waals surface area contributed by atoms with Gasteiger partial charge >= 0.3 is 0 Å². The summed E-state index contributed by atoms with van der Waals surface area (Å²) in [5.74, 6) is 0.878. The van der Waals surface area contributed by atoms with E-state index in [0.717, 1.165) is 22.4 Å². The molecule has 0 atom stereocenters. The van der Waals surface area contributed by atoms with Gasteiger partial charge in [0.05, 0.1) is 12.8 Å². The van der Waals surface area contributed by atoms with Crippen LogP contribution in [0.2, 0.25) is 0 Å². The fourth-order valence-electron chi connectivity index (χ4n) is 3.38. The maximum absolute atomic E-state index is 13.7. The molecule has 0 aliphatic heterocycles. The lowest BCUT2D eigenvalue weighted by molar-refractivity contribution is 0.375. The number of rotatable bonds is 5. The van der Waals surface area contributed by atoms with Gasteiger partial charge in [0, 0.05) is 29.5 Å². The summed E-state index contributed by atoms with van der Waals surface area (Å²) in [4.78, 5) is 15.6. The Hall–Kier alpha value is -3.08. The average molecular weight is 410 g/mol. The lowest BCUT2D eigenvalue weighted by atomic mass is 9.84. The Kier molecular flexibility index (Phi) is 6.01. The standard InChI is InChI=1S/C25H28FNO3/c1-7-18-13-19(28)14-20(27-18)24-15(2)10-16(25(3,4)5)11-23(24)30-21-9-8-17(26)12-22(21)29-6/h8-14H,7H2,1-6H3,(H,27,28). The molecule has 0 spiro atoms. The highest BCUT2D eigenvalue weighted by Gasteiger charge is 2.21. The summed E-state index contributed by atoms with van der Waals surface area (Å²) < 4.78 is 25.2. The van der Waals surface area contributed by atoms with Crippen LogP contribution in [0.1, 0.15) is 44.5 Å². The molecule has 2 aromatic carbocycles. The normalized spacial score (nSPS) is 11.4. The Bertz CT molecular complexity index is 1130. The third-order valence-electron chi connectivity index (χ3n) is 5.06. The molecule has 3 aromatic rings. The molecule has 4 nitrogen and oxygen atoms in total. The van der Waals surface area contributed by atoms with Crippen molar-refractivity contribution in [3.8, 4) is 28.5 Å². The third kappa shape index (κ3) is 4.56. The summed E-state index contributed by atoms with van der Waals surface area (Å²) >= 11 is 0. The summed E-state index contributed by atoms with van der Waals surface area (Å²) in [5.41, 5.74) is 4.23. The van der Waals surface area contributed by atoms with Crippen LogP contribution in [0.5, 0.6) is 17.2 Å². The highest BCUT2D eigenvalue weighted by molar-refractivity contribution is 5.73. The number of aromatic nitrogens is 1. The molecule has 5 heteroatoms. The van der Waals surface area contributed by atoms with Crippen molar-refractivity contribution in [3.63, 3.8) is 0 Å². The molecule has 3 rings (SSSR count). The van der Waals surface area contributed by atoms with Gasteiger partial charge in [0.2, 0.25) is 0 Å². The minimum Gasteiger partial charge on any atom is -0.493 e. The van der Waals surface area contributed by atoms with Gasteiger partial charge < -0.3 is 14.5 Å². The topological polar surface area (TPSA) is 51.3 Å². The predicted molar refractivity (Wildman–Crippen MR) is 118 cm³/mol. The maximum Gasteiger partial charge on any atom is 0.182 e. The van der Waals surface area contributed by atoms with Crippen molar-refractivity contribution in [2.75, 3.05) is 7.11 Å². The molecule has 0 fully saturated rings. The molecular weight excluding hydrogens is 381 g/mol. The van der Waals surface area contributed by atoms with E-state index < -0.39 is 5.82 Å². The lowest BCUT2D eigenvalue weighted by Gasteiger charge is -2.24. The van der Waals surface area contributed by atoms with Crippen LogP contribution in [0.4, 0.5) is 4.39 Å². The minimum atomic E-state index is -0.404. The van der Waals surface area contributed by atoms with Crippen molar-refractivity contribution in [3.05, 3.63) is 75.3 Å². The largest absolute Gasteiger partial charge is 0.493 e. The number of aromatic amines is 1. The molecule has 0 radical (unpaired) electrons. The molecule has 1 heterocycles. The second kappa shape index (κ2) is 8.34. The summed E-state index contributed by atoms with van der Waals surface area (Å²) in [6.07, 6.45) is 0.712. The maximum atomic E-state index is 13.7. The van der Waals surface area contributed by atoms with Gasteiger partial charge in [-0.3, -0.25) is 4.79 Å². The van der Waals surface area contributed by atoms with E-state index in [1.54, 1.807) is 18.2 Å². The zero-order valence-electron chi connectivity index (χ0n) is 18.4. The minimum absolute atomic E-state index is 0.0646. The van der Waals surface area contributed by atoms with Gasteiger partial charge in [-0.1, -0.05) is 33.8 Å². The number of aryl methyl sites for hydroxylation is 2. The summed E-state index contributed by atoms with van der Waals surface area (Å²) in [6, 6.07) is 11.4. The van der Waals surface area contributed by atoms with Crippen LogP contribution in [0.25, 0.3) is 11.3 Å². The number of nitrogens with one attached hydrogen (secondary N) is 1. The van der Waals surface area contributed by atoms with Crippen LogP contribution >= 0.6 is 0 Å². The van der Waals surface area contributed by atoms with Crippen molar-refractivity contribution in [1.82, 2.24) is 4.98 Å². The van der Waals surface area contributed by atoms with E-state index in [1.165, 1.54) is 19.2 Å². The number of hydrogen-bond acceptors (Lipinski definition) is 3. The van der Waals surface area contributed by atoms with E-state index in [1.807, 2.05) is 19.9 Å². The van der Waals surface area contributed by atoms with Crippen LogP contribution in [-0.4, -0.2) is 12.1 Å². The van der Waals surface area contributed by atoms with Gasteiger partial charge in [0.25, 0.3) is 0 Å². The summed E-state index contributed by atoms with van der Waals surface area (Å²) in [6.45, 7) is 10.4. The molecular formula is C25H28FNO3. The number of methoxy groups -OCH3 is 1. The zero-order valence-corrected chi connectivity index (χ0v) is 18.4. The highest BCUT2D eigenvalue weighted by atomic mass is 19.1. The first-order valence-electron chi connectivity index (χ1n) is 10.0. The van der Waals surface area contributed by atoms with Gasteiger partial charge in [-0.2, -0.15) is 0 Å². The van der Waals surface area contributed by atoms with Crippen LogP contribution < -0.4 is 14.9 Å². The van der Waals surface area contributed by atoms with Crippen LogP contribution in [0.3, 0.4) is 0 Å². The van der Waals surface area contributed by atoms with Gasteiger partial charge in [0.1, 0.15) is 11.6 Å². The van der Waals surface area contributed by atoms with Crippen LogP contribution in [-0.2, 0) is 11.8 Å². The fraction of sp³-hybridized carbons (Fsp3) is 0.320. The second-order valence-corrected chi connectivity index (χ2v) is 8.42. The van der Waals surface area contributed by atoms with Crippen molar-refractivity contribution in [2.24, 2.45) is 0 Å². The van der Waals surface area contributed by atoms with Gasteiger partial charge in [-0.05, 0) is 48.1 Å². The van der Waals surface area contributed by atoms with Crippen molar-refractivity contribution >= 4 is 0 Å². The predicted octanol–water partition coefficient (Wildman–Crippen LogP) is 6.15. The Morgan fingerprint density at radius 1 is 1.00 bits per heavy atom. The van der Waals surface area contributed by atoms with E-state index >= 15 is 0 Å². The van der Waals surface area contributed by atoms with Crippen molar-refractivity contribution in [1.29, 1.82) is 0 Å². The van der Waals surface area contributed by atoms with Gasteiger partial charge in [-0.25, -0.2) is 4.39 Å². The molecule has 1 N–H and O–H groups in total. The molecule has 0 unspecified atom stereocenters. The first-order chi connectivity index (χ1) is 14.1. The number of halogens is 1. The van der Waals surface area contributed by atoms with Gasteiger partial charge in [0.15, 0.2) is 16.9 Å². The molecule has 0 saturated carbocycles. The van der Waals surface area contributed by atoms with Gasteiger partial charge in [-0.15, -0.1) is 0 Å². The molecule has 0 aliphatic carbocycles. The molecule has 0 amide bonds. The molecule has 1 aromatic heterocycles. The van der Waals surface area contributed by atoms with E-state index in [4.69, 9.17) is 9.47 Å².